The molecule has 0 spiro atoms. The average molecular weight is 316 g/mol. The third-order valence-electron chi connectivity index (χ3n) is 2.69. The number of anilines is 2. The zero-order chi connectivity index (χ0) is 15.7. The fraction of sp³-hybridized carbons (Fsp3) is 0.0769. The van der Waals surface area contributed by atoms with Gasteiger partial charge in [-0.15, -0.1) is 0 Å². The van der Waals surface area contributed by atoms with Crippen LogP contribution in [-0.2, 0) is 16.2 Å². The van der Waals surface area contributed by atoms with Crippen LogP contribution < -0.4 is 10.5 Å². The van der Waals surface area contributed by atoms with Crippen LogP contribution in [0.25, 0.3) is 0 Å². The molecule has 0 aliphatic rings. The number of nitrogen functional groups attached to an aromatic ring is 1. The normalized spacial score (nSPS) is 12.1. The van der Waals surface area contributed by atoms with Crippen LogP contribution in [0, 0.1) is 0 Å². The highest BCUT2D eigenvalue weighted by Crippen LogP contribution is 2.35. The van der Waals surface area contributed by atoms with E-state index >= 15 is 0 Å². The number of para-hydroxylation sites is 2. The van der Waals surface area contributed by atoms with E-state index in [-0.39, 0.29) is 10.6 Å². The Kier molecular flexibility index (Phi) is 3.82. The third-order valence-corrected chi connectivity index (χ3v) is 4.12. The lowest BCUT2D eigenvalue weighted by molar-refractivity contribution is -0.136. The summed E-state index contributed by atoms with van der Waals surface area (Å²) in [5.41, 5.74) is 3.88. The van der Waals surface area contributed by atoms with Crippen molar-refractivity contribution in [3.05, 3.63) is 54.1 Å². The summed E-state index contributed by atoms with van der Waals surface area (Å²) in [6, 6.07) is 9.85. The number of hydrogen-bond acceptors (Lipinski definition) is 3. The van der Waals surface area contributed by atoms with Crippen LogP contribution in [0.15, 0.2) is 53.4 Å². The van der Waals surface area contributed by atoms with E-state index in [1.54, 1.807) is 0 Å². The molecule has 4 nitrogen and oxygen atoms in total. The van der Waals surface area contributed by atoms with Crippen molar-refractivity contribution in [1.82, 2.24) is 0 Å². The fourth-order valence-corrected chi connectivity index (χ4v) is 2.96. The van der Waals surface area contributed by atoms with E-state index in [9.17, 15) is 21.6 Å². The van der Waals surface area contributed by atoms with Crippen molar-refractivity contribution in [2.24, 2.45) is 0 Å². The summed E-state index contributed by atoms with van der Waals surface area (Å²) < 4.78 is 64.7. The molecule has 2 aromatic rings. The van der Waals surface area contributed by atoms with Gasteiger partial charge in [-0.1, -0.05) is 24.3 Å². The molecule has 21 heavy (non-hydrogen) atoms. The molecule has 0 saturated heterocycles. The molecule has 0 unspecified atom stereocenters. The van der Waals surface area contributed by atoms with Gasteiger partial charge in [-0.3, -0.25) is 4.72 Å². The maximum atomic E-state index is 12.8. The fourth-order valence-electron chi connectivity index (χ4n) is 1.74. The van der Waals surface area contributed by atoms with Crippen LogP contribution in [-0.4, -0.2) is 8.42 Å². The lowest BCUT2D eigenvalue weighted by atomic mass is 10.2. The smallest absolute Gasteiger partial charge is 0.398 e. The van der Waals surface area contributed by atoms with E-state index in [1.807, 2.05) is 4.72 Å². The highest BCUT2D eigenvalue weighted by molar-refractivity contribution is 7.92. The van der Waals surface area contributed by atoms with E-state index < -0.39 is 27.5 Å². The quantitative estimate of drug-likeness (QED) is 0.855. The summed E-state index contributed by atoms with van der Waals surface area (Å²) in [4.78, 5) is -0.276. The molecule has 0 saturated carbocycles. The van der Waals surface area contributed by atoms with E-state index in [2.05, 4.69) is 0 Å². The van der Waals surface area contributed by atoms with E-state index in [4.69, 9.17) is 5.73 Å². The molecule has 8 heteroatoms. The first-order chi connectivity index (χ1) is 9.72. The second-order valence-electron chi connectivity index (χ2n) is 4.19. The van der Waals surface area contributed by atoms with Gasteiger partial charge in [0.1, 0.15) is 4.90 Å². The minimum atomic E-state index is -4.67. The topological polar surface area (TPSA) is 72.2 Å². The predicted octanol–water partition coefficient (Wildman–Crippen LogP) is 3.09. The number of halogens is 3. The maximum absolute atomic E-state index is 12.8. The molecule has 0 aliphatic carbocycles. The average Bonchev–Trinajstić information content (AvgIpc) is 2.38. The largest absolute Gasteiger partial charge is 0.418 e. The SMILES string of the molecule is Nc1ccccc1S(=O)(=O)Nc1ccccc1C(F)(F)F. The molecular weight excluding hydrogens is 305 g/mol. The molecule has 2 rings (SSSR count). The van der Waals surface area contributed by atoms with Crippen molar-refractivity contribution in [3.63, 3.8) is 0 Å². The molecule has 2 aromatic carbocycles. The Balaban J connectivity index is 2.46. The standard InChI is InChI=1S/C13H11F3N2O2S/c14-13(15,16)9-5-1-3-7-11(9)18-21(19,20)12-8-4-2-6-10(12)17/h1-8,18H,17H2. The first-order valence-electron chi connectivity index (χ1n) is 5.75. The first kappa shape index (κ1) is 15.2. The van der Waals surface area contributed by atoms with Crippen molar-refractivity contribution in [3.8, 4) is 0 Å². The minimum absolute atomic E-state index is 0.0468. The Morgan fingerprint density at radius 1 is 0.952 bits per heavy atom. The Hall–Kier alpha value is -2.22. The molecule has 0 radical (unpaired) electrons. The van der Waals surface area contributed by atoms with E-state index in [1.165, 1.54) is 36.4 Å². The van der Waals surface area contributed by atoms with Gasteiger partial charge in [0.25, 0.3) is 10.0 Å². The summed E-state index contributed by atoms with van der Waals surface area (Å²) in [6.45, 7) is 0. The van der Waals surface area contributed by atoms with Crippen LogP contribution >= 0.6 is 0 Å². The summed E-state index contributed by atoms with van der Waals surface area (Å²) >= 11 is 0. The number of benzene rings is 2. The molecule has 3 N–H and O–H groups in total. The highest BCUT2D eigenvalue weighted by Gasteiger charge is 2.34. The zero-order valence-corrected chi connectivity index (χ0v) is 11.4. The number of alkyl halides is 3. The van der Waals surface area contributed by atoms with E-state index in [0.29, 0.717) is 0 Å². The zero-order valence-electron chi connectivity index (χ0n) is 10.6. The molecule has 0 bridgehead atoms. The second kappa shape index (κ2) is 5.28. The molecule has 0 fully saturated rings. The van der Waals surface area contributed by atoms with Crippen LogP contribution in [0.4, 0.5) is 24.5 Å². The van der Waals surface area contributed by atoms with Crippen molar-refractivity contribution in [1.29, 1.82) is 0 Å². The van der Waals surface area contributed by atoms with Crippen molar-refractivity contribution >= 4 is 21.4 Å². The first-order valence-corrected chi connectivity index (χ1v) is 7.24. The highest BCUT2D eigenvalue weighted by atomic mass is 32.2. The lowest BCUT2D eigenvalue weighted by Gasteiger charge is -2.15. The Morgan fingerprint density at radius 2 is 1.52 bits per heavy atom. The van der Waals surface area contributed by atoms with Crippen molar-refractivity contribution in [2.45, 2.75) is 11.1 Å². The molecule has 0 heterocycles. The van der Waals surface area contributed by atoms with Gasteiger partial charge in [-0.25, -0.2) is 8.42 Å². The van der Waals surface area contributed by atoms with Gasteiger partial charge in [-0.2, -0.15) is 13.2 Å². The molecule has 0 aromatic heterocycles. The van der Waals surface area contributed by atoms with Gasteiger partial charge in [0.15, 0.2) is 0 Å². The summed E-state index contributed by atoms with van der Waals surface area (Å²) in [7, 11) is -4.20. The number of nitrogens with one attached hydrogen (secondary N) is 1. The third kappa shape index (κ3) is 3.27. The number of nitrogens with two attached hydrogens (primary N) is 1. The summed E-state index contributed by atoms with van der Waals surface area (Å²) in [6.07, 6.45) is -4.67. The molecule has 0 atom stereocenters. The number of hydrogen-bond donors (Lipinski definition) is 2. The Bertz CT molecular complexity index is 758. The van der Waals surface area contributed by atoms with Gasteiger partial charge in [0.2, 0.25) is 0 Å². The Labute approximate surface area is 119 Å². The molecule has 0 amide bonds. The van der Waals surface area contributed by atoms with Gasteiger partial charge in [0, 0.05) is 0 Å². The summed E-state index contributed by atoms with van der Waals surface area (Å²) in [5, 5.41) is 0. The summed E-state index contributed by atoms with van der Waals surface area (Å²) in [5.74, 6) is 0. The van der Waals surface area contributed by atoms with Gasteiger partial charge < -0.3 is 5.73 Å². The van der Waals surface area contributed by atoms with Crippen LogP contribution in [0.1, 0.15) is 5.56 Å². The van der Waals surface area contributed by atoms with Crippen LogP contribution in [0.5, 0.6) is 0 Å². The van der Waals surface area contributed by atoms with Crippen LogP contribution in [0.3, 0.4) is 0 Å². The minimum Gasteiger partial charge on any atom is -0.398 e. The predicted molar refractivity (Wildman–Crippen MR) is 73.1 cm³/mol. The van der Waals surface area contributed by atoms with Gasteiger partial charge in [0.05, 0.1) is 16.9 Å². The maximum Gasteiger partial charge on any atom is 0.418 e. The van der Waals surface area contributed by atoms with Crippen LogP contribution in [0.2, 0.25) is 0 Å². The van der Waals surface area contributed by atoms with Gasteiger partial charge >= 0.3 is 6.18 Å². The molecule has 112 valence electrons. The lowest BCUT2D eigenvalue weighted by Crippen LogP contribution is -2.18. The van der Waals surface area contributed by atoms with Crippen molar-refractivity contribution in [2.75, 3.05) is 10.5 Å². The number of sulfonamides is 1. The molecule has 0 aliphatic heterocycles. The van der Waals surface area contributed by atoms with E-state index in [0.717, 1.165) is 12.1 Å². The molecular formula is C13H11F3N2O2S. The second-order valence-corrected chi connectivity index (χ2v) is 5.84. The van der Waals surface area contributed by atoms with Gasteiger partial charge in [-0.05, 0) is 24.3 Å². The number of rotatable bonds is 3. The van der Waals surface area contributed by atoms with Crippen molar-refractivity contribution < 1.29 is 21.6 Å². The Morgan fingerprint density at radius 3 is 2.14 bits per heavy atom. The monoisotopic (exact) mass is 316 g/mol.